The van der Waals surface area contributed by atoms with Gasteiger partial charge in [-0.15, -0.1) is 5.10 Å². The molecule has 0 N–H and O–H groups in total. The minimum Gasteiger partial charge on any atom is -0.460 e. The molecule has 8 nitrogen and oxygen atoms in total. The van der Waals surface area contributed by atoms with Crippen molar-refractivity contribution in [1.82, 2.24) is 29.4 Å². The number of carbonyl (C=O) groups is 1. The zero-order valence-corrected chi connectivity index (χ0v) is 15.6. The number of rotatable bonds is 4. The lowest BCUT2D eigenvalue weighted by atomic mass is 10.1. The van der Waals surface area contributed by atoms with E-state index in [1.807, 2.05) is 17.0 Å². The highest BCUT2D eigenvalue weighted by atomic mass is 32.1. The van der Waals surface area contributed by atoms with Crippen molar-refractivity contribution >= 4 is 17.4 Å². The second-order valence-corrected chi connectivity index (χ2v) is 7.04. The van der Waals surface area contributed by atoms with Gasteiger partial charge in [-0.2, -0.15) is 0 Å². The molecule has 0 unspecified atom stereocenters. The first-order chi connectivity index (χ1) is 13.2. The number of carbonyl (C=O) groups excluding carboxylic acids is 1. The van der Waals surface area contributed by atoms with Crippen LogP contribution < -0.4 is 4.74 Å². The molecule has 4 rings (SSSR count). The zero-order chi connectivity index (χ0) is 18.6. The fourth-order valence-electron chi connectivity index (χ4n) is 2.97. The molecular weight excluding hydrogens is 364 g/mol. The van der Waals surface area contributed by atoms with E-state index in [-0.39, 0.29) is 12.0 Å². The lowest BCUT2D eigenvalue weighted by Crippen LogP contribution is -2.41. The summed E-state index contributed by atoms with van der Waals surface area (Å²) in [5, 5.41) is 3.91. The maximum Gasteiger partial charge on any atom is 0.316 e. The van der Waals surface area contributed by atoms with Crippen molar-refractivity contribution in [3.05, 3.63) is 47.5 Å². The SMILES string of the molecule is Cc1nnsc1C(=O)N1CCC(Oc2ncc(-c3ccncc3)cn2)CC1. The zero-order valence-electron chi connectivity index (χ0n) is 14.8. The second kappa shape index (κ2) is 7.75. The number of aromatic nitrogens is 5. The molecule has 1 aliphatic rings. The third kappa shape index (κ3) is 3.92. The van der Waals surface area contributed by atoms with E-state index in [0.29, 0.717) is 29.7 Å². The smallest absolute Gasteiger partial charge is 0.316 e. The summed E-state index contributed by atoms with van der Waals surface area (Å²) in [5.74, 6) is -0.00101. The summed E-state index contributed by atoms with van der Waals surface area (Å²) < 4.78 is 9.73. The lowest BCUT2D eigenvalue weighted by molar-refractivity contribution is 0.0582. The van der Waals surface area contributed by atoms with E-state index in [4.69, 9.17) is 4.74 Å². The van der Waals surface area contributed by atoms with Crippen LogP contribution in [-0.4, -0.2) is 54.5 Å². The van der Waals surface area contributed by atoms with E-state index in [1.54, 1.807) is 31.7 Å². The van der Waals surface area contributed by atoms with E-state index in [2.05, 4.69) is 24.5 Å². The van der Waals surface area contributed by atoms with Gasteiger partial charge in [0.2, 0.25) is 0 Å². The maximum atomic E-state index is 12.5. The van der Waals surface area contributed by atoms with Crippen LogP contribution in [0.2, 0.25) is 0 Å². The number of aryl methyl sites for hydroxylation is 1. The average Bonchev–Trinajstić information content (AvgIpc) is 3.15. The van der Waals surface area contributed by atoms with E-state index in [1.165, 1.54) is 0 Å². The Balaban J connectivity index is 1.33. The number of hydrogen-bond donors (Lipinski definition) is 0. The summed E-state index contributed by atoms with van der Waals surface area (Å²) >= 11 is 1.15. The molecule has 0 spiro atoms. The van der Waals surface area contributed by atoms with Crippen LogP contribution in [0.1, 0.15) is 28.2 Å². The number of nitrogens with zero attached hydrogens (tertiary/aromatic N) is 6. The first-order valence-corrected chi connectivity index (χ1v) is 9.45. The molecule has 1 amide bonds. The van der Waals surface area contributed by atoms with Crippen molar-refractivity contribution in [2.75, 3.05) is 13.1 Å². The van der Waals surface area contributed by atoms with Gasteiger partial charge >= 0.3 is 6.01 Å². The summed E-state index contributed by atoms with van der Waals surface area (Å²) in [6.07, 6.45) is 8.45. The summed E-state index contributed by atoms with van der Waals surface area (Å²) in [4.78, 5) is 27.6. The molecule has 1 saturated heterocycles. The maximum absolute atomic E-state index is 12.5. The molecule has 0 atom stereocenters. The Bertz CT molecular complexity index is 907. The number of ether oxygens (including phenoxy) is 1. The summed E-state index contributed by atoms with van der Waals surface area (Å²) in [6.45, 7) is 3.07. The largest absolute Gasteiger partial charge is 0.460 e. The number of pyridine rings is 1. The van der Waals surface area contributed by atoms with Crippen LogP contribution in [0.5, 0.6) is 6.01 Å². The number of likely N-dealkylation sites (tertiary alicyclic amines) is 1. The molecule has 0 aromatic carbocycles. The van der Waals surface area contributed by atoms with Crippen molar-refractivity contribution in [1.29, 1.82) is 0 Å². The van der Waals surface area contributed by atoms with Crippen LogP contribution in [0.4, 0.5) is 0 Å². The third-order valence-corrected chi connectivity index (χ3v) is 5.30. The Hall–Kier alpha value is -2.94. The van der Waals surface area contributed by atoms with Crippen LogP contribution in [0.3, 0.4) is 0 Å². The van der Waals surface area contributed by atoms with Crippen molar-refractivity contribution in [2.24, 2.45) is 0 Å². The molecule has 9 heteroatoms. The Morgan fingerprint density at radius 1 is 1.15 bits per heavy atom. The minimum atomic E-state index is -0.00101. The second-order valence-electron chi connectivity index (χ2n) is 6.29. The topological polar surface area (TPSA) is 94.0 Å². The van der Waals surface area contributed by atoms with Crippen molar-refractivity contribution in [2.45, 2.75) is 25.9 Å². The van der Waals surface area contributed by atoms with Gasteiger partial charge in [-0.3, -0.25) is 9.78 Å². The quantitative estimate of drug-likeness (QED) is 0.684. The van der Waals surface area contributed by atoms with Gasteiger partial charge in [0.25, 0.3) is 5.91 Å². The van der Waals surface area contributed by atoms with Gasteiger partial charge in [0.05, 0.1) is 5.69 Å². The number of amides is 1. The first-order valence-electron chi connectivity index (χ1n) is 8.68. The molecular formula is C18H18N6O2S. The number of hydrogen-bond acceptors (Lipinski definition) is 8. The normalized spacial score (nSPS) is 14.9. The molecule has 0 saturated carbocycles. The van der Waals surface area contributed by atoms with Gasteiger partial charge in [0.1, 0.15) is 11.0 Å². The first kappa shape index (κ1) is 17.5. The van der Waals surface area contributed by atoms with Crippen molar-refractivity contribution in [3.8, 4) is 17.1 Å². The molecule has 138 valence electrons. The van der Waals surface area contributed by atoms with Crippen molar-refractivity contribution < 1.29 is 9.53 Å². The van der Waals surface area contributed by atoms with Gasteiger partial charge in [0, 0.05) is 56.3 Å². The molecule has 4 heterocycles. The summed E-state index contributed by atoms with van der Waals surface area (Å²) in [7, 11) is 0. The fraction of sp³-hybridized carbons (Fsp3) is 0.333. The van der Waals surface area contributed by atoms with Crippen molar-refractivity contribution in [3.63, 3.8) is 0 Å². The predicted molar refractivity (Wildman–Crippen MR) is 99.5 cm³/mol. The van der Waals surface area contributed by atoms with Gasteiger partial charge in [-0.1, -0.05) is 4.49 Å². The van der Waals surface area contributed by atoms with E-state index in [9.17, 15) is 4.79 Å². The Labute approximate surface area is 160 Å². The molecule has 1 aliphatic heterocycles. The highest BCUT2D eigenvalue weighted by Gasteiger charge is 2.27. The highest BCUT2D eigenvalue weighted by molar-refractivity contribution is 7.07. The summed E-state index contributed by atoms with van der Waals surface area (Å²) in [6, 6.07) is 4.18. The Morgan fingerprint density at radius 3 is 2.48 bits per heavy atom. The molecule has 3 aromatic heterocycles. The minimum absolute atomic E-state index is 0.00101. The highest BCUT2D eigenvalue weighted by Crippen LogP contribution is 2.21. The van der Waals surface area contributed by atoms with Crippen LogP contribution in [-0.2, 0) is 0 Å². The van der Waals surface area contributed by atoms with Crippen LogP contribution in [0, 0.1) is 6.92 Å². The number of piperidine rings is 1. The van der Waals surface area contributed by atoms with E-state index < -0.39 is 0 Å². The molecule has 1 fully saturated rings. The molecule has 0 aliphatic carbocycles. The van der Waals surface area contributed by atoms with Crippen LogP contribution >= 0.6 is 11.5 Å². The Kier molecular flexibility index (Phi) is 5.01. The average molecular weight is 382 g/mol. The lowest BCUT2D eigenvalue weighted by Gasteiger charge is -2.31. The van der Waals surface area contributed by atoms with Crippen LogP contribution in [0.15, 0.2) is 36.9 Å². The van der Waals surface area contributed by atoms with Gasteiger partial charge in [0.15, 0.2) is 0 Å². The molecule has 27 heavy (non-hydrogen) atoms. The van der Waals surface area contributed by atoms with Gasteiger partial charge < -0.3 is 9.64 Å². The molecule has 3 aromatic rings. The molecule has 0 radical (unpaired) electrons. The summed E-state index contributed by atoms with van der Waals surface area (Å²) in [5.41, 5.74) is 2.61. The van der Waals surface area contributed by atoms with E-state index in [0.717, 1.165) is 35.5 Å². The Morgan fingerprint density at radius 2 is 1.85 bits per heavy atom. The van der Waals surface area contributed by atoms with Gasteiger partial charge in [-0.05, 0) is 36.2 Å². The third-order valence-electron chi connectivity index (χ3n) is 4.49. The monoisotopic (exact) mass is 382 g/mol. The molecule has 0 bridgehead atoms. The predicted octanol–water partition coefficient (Wildman–Crippen LogP) is 2.38. The fourth-order valence-corrected chi connectivity index (χ4v) is 3.59. The van der Waals surface area contributed by atoms with Gasteiger partial charge in [-0.25, -0.2) is 9.97 Å². The van der Waals surface area contributed by atoms with E-state index >= 15 is 0 Å². The standard InChI is InChI=1S/C18H18N6O2S/c1-12-16(27-23-22-12)17(25)24-8-4-15(5-9-24)26-18-20-10-14(11-21-18)13-2-6-19-7-3-13/h2-3,6-7,10-11,15H,4-5,8-9H2,1H3. The van der Waals surface area contributed by atoms with Crippen LogP contribution in [0.25, 0.3) is 11.1 Å².